The van der Waals surface area contributed by atoms with Gasteiger partial charge in [0.05, 0.1) is 23.0 Å². The summed E-state index contributed by atoms with van der Waals surface area (Å²) in [5.74, 6) is -0.638. The van der Waals surface area contributed by atoms with Crippen LogP contribution in [0.1, 0.15) is 68.2 Å². The van der Waals surface area contributed by atoms with Gasteiger partial charge in [0.2, 0.25) is 0 Å². The third-order valence-electron chi connectivity index (χ3n) is 7.42. The summed E-state index contributed by atoms with van der Waals surface area (Å²) in [5.41, 5.74) is 16.0. The largest absolute Gasteiger partial charge is 0.379 e. The molecule has 4 rings (SSSR count). The van der Waals surface area contributed by atoms with Gasteiger partial charge in [-0.3, -0.25) is 9.59 Å². The van der Waals surface area contributed by atoms with Crippen molar-refractivity contribution in [3.8, 4) is 11.1 Å². The molecule has 3 aromatic rings. The number of nitrogens with one attached hydrogen (secondary N) is 2. The van der Waals surface area contributed by atoms with Gasteiger partial charge < -0.3 is 22.1 Å². The molecule has 34 heavy (non-hydrogen) atoms. The Morgan fingerprint density at radius 3 is 2.38 bits per heavy atom. The van der Waals surface area contributed by atoms with Crippen LogP contribution in [0.4, 0.5) is 5.69 Å². The van der Waals surface area contributed by atoms with Gasteiger partial charge in [-0.05, 0) is 57.4 Å². The highest BCUT2D eigenvalue weighted by molar-refractivity contribution is 6.02. The zero-order chi connectivity index (χ0) is 24.8. The second-order valence-corrected chi connectivity index (χ2v) is 10.4. The summed E-state index contributed by atoms with van der Waals surface area (Å²) in [6.07, 6.45) is 5.18. The zero-order valence-electron chi connectivity index (χ0n) is 20.5. The van der Waals surface area contributed by atoms with Gasteiger partial charge in [-0.25, -0.2) is 4.52 Å². The monoisotopic (exact) mass is 462 g/mol. The predicted molar refractivity (Wildman–Crippen MR) is 135 cm³/mol. The number of fused-ring (bicyclic) bond motifs is 1. The molecule has 180 valence electrons. The van der Waals surface area contributed by atoms with Crippen LogP contribution < -0.4 is 22.1 Å². The maximum atomic E-state index is 12.3. The lowest BCUT2D eigenvalue weighted by atomic mass is 9.75. The number of carbonyl (C=O) groups excluding carboxylic acids is 2. The molecule has 2 aromatic heterocycles. The number of hydrogen-bond donors (Lipinski definition) is 4. The smallest absolute Gasteiger partial charge is 0.252 e. The highest BCUT2D eigenvalue weighted by Gasteiger charge is 2.49. The van der Waals surface area contributed by atoms with Crippen LogP contribution in [0.15, 0.2) is 42.7 Å². The summed E-state index contributed by atoms with van der Waals surface area (Å²) >= 11 is 0. The van der Waals surface area contributed by atoms with Gasteiger partial charge >= 0.3 is 0 Å². The number of benzene rings is 1. The molecule has 2 atom stereocenters. The second kappa shape index (κ2) is 8.43. The summed E-state index contributed by atoms with van der Waals surface area (Å²) in [6, 6.07) is 9.55. The molecule has 0 unspecified atom stereocenters. The van der Waals surface area contributed by atoms with E-state index in [4.69, 9.17) is 11.5 Å². The molecule has 0 radical (unpaired) electrons. The van der Waals surface area contributed by atoms with Gasteiger partial charge in [0.25, 0.3) is 11.8 Å². The molecule has 0 aliphatic heterocycles. The lowest BCUT2D eigenvalue weighted by Gasteiger charge is -2.39. The first-order chi connectivity index (χ1) is 15.9. The Hall–Kier alpha value is -3.39. The van der Waals surface area contributed by atoms with E-state index >= 15 is 0 Å². The number of hydrogen-bond acceptors (Lipinski definition) is 5. The Morgan fingerprint density at radius 1 is 1.15 bits per heavy atom. The fraction of sp³-hybridized carbons (Fsp3) is 0.423. The minimum Gasteiger partial charge on any atom is -0.379 e. The number of aromatic nitrogens is 2. The number of rotatable bonds is 6. The third kappa shape index (κ3) is 4.14. The van der Waals surface area contributed by atoms with Crippen molar-refractivity contribution in [2.24, 2.45) is 16.9 Å². The lowest BCUT2D eigenvalue weighted by molar-refractivity contribution is 0.0942. The number of nitrogens with two attached hydrogens (primary N) is 2. The van der Waals surface area contributed by atoms with Crippen molar-refractivity contribution in [3.05, 3.63) is 53.9 Å². The Bertz CT molecular complexity index is 1240. The van der Waals surface area contributed by atoms with E-state index in [9.17, 15) is 9.59 Å². The van der Waals surface area contributed by atoms with Gasteiger partial charge in [-0.1, -0.05) is 26.0 Å². The summed E-state index contributed by atoms with van der Waals surface area (Å²) in [7, 11) is 0. The molecule has 1 aliphatic carbocycles. The number of anilines is 1. The van der Waals surface area contributed by atoms with E-state index in [1.807, 2.05) is 38.2 Å². The molecular weight excluding hydrogens is 428 g/mol. The number of amides is 2. The van der Waals surface area contributed by atoms with Crippen LogP contribution in [0.2, 0.25) is 0 Å². The van der Waals surface area contributed by atoms with Crippen LogP contribution in [0.3, 0.4) is 0 Å². The molecule has 8 nitrogen and oxygen atoms in total. The number of nitrogens with zero attached hydrogens (tertiary/aromatic N) is 2. The molecule has 0 spiro atoms. The minimum atomic E-state index is -0.535. The molecular formula is C26H34N6O2. The highest BCUT2D eigenvalue weighted by Crippen LogP contribution is 2.46. The fourth-order valence-corrected chi connectivity index (χ4v) is 4.66. The van der Waals surface area contributed by atoms with Gasteiger partial charge in [-0.15, -0.1) is 0 Å². The van der Waals surface area contributed by atoms with Crippen LogP contribution >= 0.6 is 0 Å². The van der Waals surface area contributed by atoms with Gasteiger partial charge in [0, 0.05) is 40.4 Å². The van der Waals surface area contributed by atoms with Crippen molar-refractivity contribution in [1.29, 1.82) is 0 Å². The quantitative estimate of drug-likeness (QED) is 0.445. The molecule has 0 saturated heterocycles. The first-order valence-electron chi connectivity index (χ1n) is 11.7. The molecule has 8 heteroatoms. The Kier molecular flexibility index (Phi) is 5.89. The first kappa shape index (κ1) is 23.8. The molecule has 1 fully saturated rings. The summed E-state index contributed by atoms with van der Waals surface area (Å²) in [6.45, 7) is 10.2. The average Bonchev–Trinajstić information content (AvgIpc) is 3.28. The van der Waals surface area contributed by atoms with Gasteiger partial charge in [0.15, 0.2) is 0 Å². The van der Waals surface area contributed by atoms with Crippen molar-refractivity contribution in [2.75, 3.05) is 5.32 Å². The van der Waals surface area contributed by atoms with Crippen molar-refractivity contribution >= 4 is 23.0 Å². The molecule has 0 bridgehead atoms. The van der Waals surface area contributed by atoms with E-state index < -0.39 is 5.91 Å². The van der Waals surface area contributed by atoms with E-state index in [0.29, 0.717) is 16.8 Å². The first-order valence-corrected chi connectivity index (χ1v) is 11.7. The lowest BCUT2D eigenvalue weighted by Crippen LogP contribution is -2.51. The Morgan fingerprint density at radius 2 is 1.82 bits per heavy atom. The summed E-state index contributed by atoms with van der Waals surface area (Å²) < 4.78 is 1.74. The van der Waals surface area contributed by atoms with Crippen LogP contribution in [-0.2, 0) is 0 Å². The fourth-order valence-electron chi connectivity index (χ4n) is 4.66. The molecule has 1 saturated carbocycles. The van der Waals surface area contributed by atoms with Crippen molar-refractivity contribution in [3.63, 3.8) is 0 Å². The molecule has 2 amide bonds. The average molecular weight is 463 g/mol. The van der Waals surface area contributed by atoms with Crippen molar-refractivity contribution in [2.45, 2.75) is 65.1 Å². The van der Waals surface area contributed by atoms with Crippen molar-refractivity contribution < 1.29 is 9.59 Å². The molecule has 6 N–H and O–H groups in total. The summed E-state index contributed by atoms with van der Waals surface area (Å²) in [4.78, 5) is 24.5. The van der Waals surface area contributed by atoms with Crippen LogP contribution in [0.5, 0.6) is 0 Å². The topological polar surface area (TPSA) is 128 Å². The van der Waals surface area contributed by atoms with Crippen LogP contribution in [0.25, 0.3) is 16.6 Å². The van der Waals surface area contributed by atoms with E-state index in [1.54, 1.807) is 16.6 Å². The Balaban J connectivity index is 1.72. The van der Waals surface area contributed by atoms with Gasteiger partial charge in [0.1, 0.15) is 0 Å². The summed E-state index contributed by atoms with van der Waals surface area (Å²) in [5, 5.41) is 10.9. The molecule has 1 aliphatic rings. The van der Waals surface area contributed by atoms with Gasteiger partial charge in [-0.2, -0.15) is 5.10 Å². The molecule has 2 heterocycles. The van der Waals surface area contributed by atoms with E-state index in [2.05, 4.69) is 36.5 Å². The maximum absolute atomic E-state index is 12.3. The molecule has 1 aromatic carbocycles. The van der Waals surface area contributed by atoms with E-state index in [-0.39, 0.29) is 28.9 Å². The highest BCUT2D eigenvalue weighted by atomic mass is 16.2. The maximum Gasteiger partial charge on any atom is 0.252 e. The third-order valence-corrected chi connectivity index (χ3v) is 7.42. The predicted octanol–water partition coefficient (Wildman–Crippen LogP) is 3.56. The van der Waals surface area contributed by atoms with Crippen molar-refractivity contribution in [1.82, 2.24) is 14.9 Å². The minimum absolute atomic E-state index is 0.0716. The normalized spacial score (nSPS) is 21.7. The Labute approximate surface area is 200 Å². The zero-order valence-corrected chi connectivity index (χ0v) is 20.5. The SMILES string of the molecule is CC(C)NC(=O)c1ccc(-c2cc3c(N[C@@H]4CC[C@](C)(N)C4(C)C)c(C(N)=O)cnn3c2)cc1. The van der Waals surface area contributed by atoms with Crippen LogP contribution in [0, 0.1) is 5.41 Å². The number of primary amides is 1. The number of carbonyl (C=O) groups is 2. The standard InChI is InChI=1S/C26H34N6O2/c1-15(2)30-24(34)17-8-6-16(7-9-17)18-12-20-22(19(23(27)33)13-29-32(20)14-18)31-21-10-11-26(5,28)25(21,3)4/h6-9,12-15,21,31H,10-11,28H2,1-5H3,(H2,27,33)(H,30,34)/t21-,26+/m1/s1. The van der Waals surface area contributed by atoms with E-state index in [0.717, 1.165) is 29.5 Å². The van der Waals surface area contributed by atoms with Crippen LogP contribution in [-0.4, -0.2) is 39.1 Å². The second-order valence-electron chi connectivity index (χ2n) is 10.4. The van der Waals surface area contributed by atoms with E-state index in [1.165, 1.54) is 6.20 Å².